The molecular formula is C15H15NO4. The molecule has 20 heavy (non-hydrogen) atoms. The number of aryl methyl sites for hydroxylation is 1. The van der Waals surface area contributed by atoms with Crippen molar-refractivity contribution in [1.82, 2.24) is 4.90 Å². The van der Waals surface area contributed by atoms with Crippen LogP contribution in [0.4, 0.5) is 0 Å². The second-order valence-electron chi connectivity index (χ2n) is 4.85. The fourth-order valence-electron chi connectivity index (χ4n) is 2.38. The Morgan fingerprint density at radius 2 is 2.00 bits per heavy atom. The Morgan fingerprint density at radius 3 is 2.75 bits per heavy atom. The van der Waals surface area contributed by atoms with Crippen molar-refractivity contribution < 1.29 is 13.9 Å². The number of morpholine rings is 1. The summed E-state index contributed by atoms with van der Waals surface area (Å²) in [5.41, 5.74) is 0.925. The first-order valence-corrected chi connectivity index (χ1v) is 6.57. The number of fused-ring (bicyclic) bond motifs is 1. The van der Waals surface area contributed by atoms with Crippen LogP contribution in [0, 0.1) is 6.92 Å². The number of ether oxygens (including phenoxy) is 1. The smallest absolute Gasteiger partial charge is 0.349 e. The van der Waals surface area contributed by atoms with Crippen LogP contribution in [0.25, 0.3) is 11.0 Å². The van der Waals surface area contributed by atoms with E-state index in [0.717, 1.165) is 10.9 Å². The third-order valence-corrected chi connectivity index (χ3v) is 3.49. The summed E-state index contributed by atoms with van der Waals surface area (Å²) in [7, 11) is 0. The number of hydrogen-bond acceptors (Lipinski definition) is 4. The van der Waals surface area contributed by atoms with E-state index in [0.29, 0.717) is 31.9 Å². The molecular weight excluding hydrogens is 258 g/mol. The molecule has 1 aromatic heterocycles. The van der Waals surface area contributed by atoms with E-state index in [2.05, 4.69) is 0 Å². The Morgan fingerprint density at radius 1 is 1.25 bits per heavy atom. The maximum atomic E-state index is 12.4. The summed E-state index contributed by atoms with van der Waals surface area (Å²) in [4.78, 5) is 26.0. The largest absolute Gasteiger partial charge is 0.422 e. The van der Waals surface area contributed by atoms with Crippen LogP contribution in [-0.4, -0.2) is 37.1 Å². The zero-order valence-electron chi connectivity index (χ0n) is 11.2. The molecule has 1 amide bonds. The number of benzene rings is 1. The van der Waals surface area contributed by atoms with Crippen LogP contribution in [0.1, 0.15) is 15.9 Å². The van der Waals surface area contributed by atoms with Crippen molar-refractivity contribution in [3.8, 4) is 0 Å². The molecule has 2 heterocycles. The molecule has 0 bridgehead atoms. The van der Waals surface area contributed by atoms with Gasteiger partial charge in [0.15, 0.2) is 0 Å². The molecule has 5 heteroatoms. The van der Waals surface area contributed by atoms with Crippen molar-refractivity contribution in [3.05, 3.63) is 45.8 Å². The molecule has 1 aliphatic heterocycles. The van der Waals surface area contributed by atoms with E-state index in [4.69, 9.17) is 9.15 Å². The van der Waals surface area contributed by atoms with Crippen LogP contribution in [0.2, 0.25) is 0 Å². The highest BCUT2D eigenvalue weighted by molar-refractivity contribution is 5.97. The third kappa shape index (κ3) is 2.20. The molecule has 1 aromatic carbocycles. The molecule has 1 saturated heterocycles. The number of nitrogens with zero attached hydrogens (tertiary/aromatic N) is 1. The minimum absolute atomic E-state index is 0.0880. The molecule has 1 aliphatic rings. The molecule has 0 unspecified atom stereocenters. The molecule has 2 aromatic rings. The van der Waals surface area contributed by atoms with Gasteiger partial charge in [0.25, 0.3) is 5.91 Å². The van der Waals surface area contributed by atoms with Gasteiger partial charge in [-0.15, -0.1) is 0 Å². The summed E-state index contributed by atoms with van der Waals surface area (Å²) in [6, 6.07) is 7.20. The average Bonchev–Trinajstić information content (AvgIpc) is 2.48. The lowest BCUT2D eigenvalue weighted by Gasteiger charge is -2.26. The van der Waals surface area contributed by atoms with Crippen LogP contribution in [0.15, 0.2) is 33.5 Å². The minimum atomic E-state index is -0.580. The van der Waals surface area contributed by atoms with Gasteiger partial charge in [-0.2, -0.15) is 0 Å². The number of para-hydroxylation sites is 1. The predicted molar refractivity (Wildman–Crippen MR) is 73.9 cm³/mol. The molecule has 0 radical (unpaired) electrons. The highest BCUT2D eigenvalue weighted by atomic mass is 16.5. The van der Waals surface area contributed by atoms with Gasteiger partial charge in [0.2, 0.25) is 0 Å². The first-order valence-electron chi connectivity index (χ1n) is 6.57. The normalized spacial score (nSPS) is 15.6. The fourth-order valence-corrected chi connectivity index (χ4v) is 2.38. The van der Waals surface area contributed by atoms with Gasteiger partial charge in [0.1, 0.15) is 11.1 Å². The molecule has 3 rings (SSSR count). The van der Waals surface area contributed by atoms with Crippen LogP contribution in [0.3, 0.4) is 0 Å². The summed E-state index contributed by atoms with van der Waals surface area (Å²) < 4.78 is 10.5. The Labute approximate surface area is 115 Å². The van der Waals surface area contributed by atoms with Gasteiger partial charge >= 0.3 is 5.63 Å². The van der Waals surface area contributed by atoms with Crippen molar-refractivity contribution in [1.29, 1.82) is 0 Å². The fraction of sp³-hybridized carbons (Fsp3) is 0.333. The molecule has 104 valence electrons. The van der Waals surface area contributed by atoms with Crippen LogP contribution in [-0.2, 0) is 4.74 Å². The monoisotopic (exact) mass is 273 g/mol. The maximum Gasteiger partial charge on any atom is 0.349 e. The summed E-state index contributed by atoms with van der Waals surface area (Å²) in [5, 5.41) is 0.765. The second kappa shape index (κ2) is 5.09. The van der Waals surface area contributed by atoms with Crippen molar-refractivity contribution in [2.24, 2.45) is 0 Å². The zero-order chi connectivity index (χ0) is 14.1. The van der Waals surface area contributed by atoms with Crippen LogP contribution < -0.4 is 5.63 Å². The van der Waals surface area contributed by atoms with E-state index in [1.165, 1.54) is 0 Å². The number of rotatable bonds is 1. The Bertz CT molecular complexity index is 713. The average molecular weight is 273 g/mol. The van der Waals surface area contributed by atoms with Gasteiger partial charge < -0.3 is 14.1 Å². The van der Waals surface area contributed by atoms with Crippen LogP contribution in [0.5, 0.6) is 0 Å². The van der Waals surface area contributed by atoms with Crippen LogP contribution >= 0.6 is 0 Å². The van der Waals surface area contributed by atoms with Gasteiger partial charge in [-0.25, -0.2) is 4.79 Å². The molecule has 0 saturated carbocycles. The Hall–Kier alpha value is -2.14. The van der Waals surface area contributed by atoms with E-state index in [1.54, 1.807) is 11.0 Å². The summed E-state index contributed by atoms with van der Waals surface area (Å²) in [6.07, 6.45) is 0. The topological polar surface area (TPSA) is 59.8 Å². The third-order valence-electron chi connectivity index (χ3n) is 3.49. The maximum absolute atomic E-state index is 12.4. The van der Waals surface area contributed by atoms with Crippen molar-refractivity contribution in [2.45, 2.75) is 6.92 Å². The van der Waals surface area contributed by atoms with E-state index in [1.807, 2.05) is 25.1 Å². The number of carbonyl (C=O) groups excluding carboxylic acids is 1. The van der Waals surface area contributed by atoms with Crippen molar-refractivity contribution in [2.75, 3.05) is 26.3 Å². The highest BCUT2D eigenvalue weighted by Gasteiger charge is 2.22. The SMILES string of the molecule is Cc1cccc2cc(C(=O)N3CCOCC3)c(=O)oc12. The van der Waals surface area contributed by atoms with Gasteiger partial charge in [-0.1, -0.05) is 18.2 Å². The lowest BCUT2D eigenvalue weighted by molar-refractivity contribution is 0.0300. The van der Waals surface area contributed by atoms with Gasteiger partial charge in [0, 0.05) is 18.5 Å². The number of amides is 1. The van der Waals surface area contributed by atoms with Gasteiger partial charge in [-0.05, 0) is 18.6 Å². The predicted octanol–water partition coefficient (Wildman–Crippen LogP) is 1.57. The van der Waals surface area contributed by atoms with E-state index < -0.39 is 5.63 Å². The first kappa shape index (κ1) is 12.9. The molecule has 0 spiro atoms. The Kier molecular flexibility index (Phi) is 3.28. The molecule has 0 aliphatic carbocycles. The minimum Gasteiger partial charge on any atom is -0.422 e. The standard InChI is InChI=1S/C15H15NO4/c1-10-3-2-4-11-9-12(15(18)20-13(10)11)14(17)16-5-7-19-8-6-16/h2-4,9H,5-8H2,1H3. The number of carbonyl (C=O) groups is 1. The molecule has 1 fully saturated rings. The number of hydrogen-bond donors (Lipinski definition) is 0. The molecule has 0 atom stereocenters. The van der Waals surface area contributed by atoms with E-state index in [-0.39, 0.29) is 11.5 Å². The quantitative estimate of drug-likeness (QED) is 0.740. The molecule has 5 nitrogen and oxygen atoms in total. The lowest BCUT2D eigenvalue weighted by Crippen LogP contribution is -2.42. The lowest BCUT2D eigenvalue weighted by atomic mass is 10.1. The first-order chi connectivity index (χ1) is 9.66. The molecule has 0 N–H and O–H groups in total. The van der Waals surface area contributed by atoms with E-state index in [9.17, 15) is 9.59 Å². The van der Waals surface area contributed by atoms with Crippen molar-refractivity contribution >= 4 is 16.9 Å². The van der Waals surface area contributed by atoms with E-state index >= 15 is 0 Å². The van der Waals surface area contributed by atoms with Gasteiger partial charge in [0.05, 0.1) is 13.2 Å². The summed E-state index contributed by atoms with van der Waals surface area (Å²) in [6.45, 7) is 3.89. The van der Waals surface area contributed by atoms with Crippen molar-refractivity contribution in [3.63, 3.8) is 0 Å². The highest BCUT2D eigenvalue weighted by Crippen LogP contribution is 2.18. The van der Waals surface area contributed by atoms with Gasteiger partial charge in [-0.3, -0.25) is 4.79 Å². The summed E-state index contributed by atoms with van der Waals surface area (Å²) in [5.74, 6) is -0.287. The summed E-state index contributed by atoms with van der Waals surface area (Å²) >= 11 is 0. The Balaban J connectivity index is 2.05. The second-order valence-corrected chi connectivity index (χ2v) is 4.85. The zero-order valence-corrected chi connectivity index (χ0v) is 11.2.